The highest BCUT2D eigenvalue weighted by molar-refractivity contribution is 6.01. The van der Waals surface area contributed by atoms with Crippen molar-refractivity contribution in [3.8, 4) is 0 Å². The van der Waals surface area contributed by atoms with Crippen LogP contribution >= 0.6 is 0 Å². The van der Waals surface area contributed by atoms with Gasteiger partial charge < -0.3 is 0 Å². The summed E-state index contributed by atoms with van der Waals surface area (Å²) in [6.45, 7) is 0. The minimum Gasteiger partial charge on any atom is -0.290 e. The Morgan fingerprint density at radius 1 is 1.44 bits per heavy atom. The SMILES string of the molecule is O=C1C=CC=NNC=C1. The average molecular weight is 122 g/mol. The van der Waals surface area contributed by atoms with E-state index in [2.05, 4.69) is 10.5 Å². The largest absolute Gasteiger partial charge is 0.290 e. The molecule has 0 saturated heterocycles. The predicted octanol–water partition coefficient (Wildman–Crippen LogP) is 0.214. The molecule has 0 aliphatic carbocycles. The Kier molecular flexibility index (Phi) is 1.80. The van der Waals surface area contributed by atoms with Gasteiger partial charge in [0, 0.05) is 18.5 Å². The van der Waals surface area contributed by atoms with Crippen LogP contribution in [0.5, 0.6) is 0 Å². The molecule has 0 saturated carbocycles. The van der Waals surface area contributed by atoms with Gasteiger partial charge in [0.15, 0.2) is 5.78 Å². The minimum absolute atomic E-state index is 0.0337. The molecule has 0 spiro atoms. The Bertz CT molecular complexity index is 191. The van der Waals surface area contributed by atoms with Gasteiger partial charge in [-0.15, -0.1) is 0 Å². The van der Waals surface area contributed by atoms with Gasteiger partial charge in [0.2, 0.25) is 0 Å². The molecule has 1 heterocycles. The van der Waals surface area contributed by atoms with Crippen LogP contribution in [0.3, 0.4) is 0 Å². The first-order valence-electron chi connectivity index (χ1n) is 2.55. The standard InChI is InChI=1S/C6H6N2O/c9-6-2-1-4-7-8-5-3-6/h1-5,8H. The third-order valence-corrected chi connectivity index (χ3v) is 0.818. The van der Waals surface area contributed by atoms with Crippen molar-refractivity contribution in [3.63, 3.8) is 0 Å². The van der Waals surface area contributed by atoms with Crippen LogP contribution in [0.4, 0.5) is 0 Å². The highest BCUT2D eigenvalue weighted by atomic mass is 16.1. The topological polar surface area (TPSA) is 41.5 Å². The fourth-order valence-electron chi connectivity index (χ4n) is 0.442. The summed E-state index contributed by atoms with van der Waals surface area (Å²) in [5, 5.41) is 3.66. The zero-order valence-corrected chi connectivity index (χ0v) is 4.74. The van der Waals surface area contributed by atoms with Gasteiger partial charge in [-0.2, -0.15) is 5.10 Å². The van der Waals surface area contributed by atoms with Crippen LogP contribution < -0.4 is 5.43 Å². The Morgan fingerprint density at radius 2 is 2.33 bits per heavy atom. The third-order valence-electron chi connectivity index (χ3n) is 0.818. The van der Waals surface area contributed by atoms with E-state index >= 15 is 0 Å². The van der Waals surface area contributed by atoms with Crippen LogP contribution in [-0.4, -0.2) is 12.0 Å². The molecule has 1 N–H and O–H groups in total. The van der Waals surface area contributed by atoms with Crippen molar-refractivity contribution in [1.82, 2.24) is 5.43 Å². The number of hydrogen-bond acceptors (Lipinski definition) is 3. The summed E-state index contributed by atoms with van der Waals surface area (Å²) in [4.78, 5) is 10.6. The fraction of sp³-hybridized carbons (Fsp3) is 0. The number of hydrogen-bond donors (Lipinski definition) is 1. The lowest BCUT2D eigenvalue weighted by molar-refractivity contribution is -0.110. The number of ketones is 1. The fourth-order valence-corrected chi connectivity index (χ4v) is 0.442. The number of carbonyl (C=O) groups is 1. The molecule has 0 bridgehead atoms. The molecular formula is C6H6N2O. The second-order valence-corrected chi connectivity index (χ2v) is 1.50. The summed E-state index contributed by atoms with van der Waals surface area (Å²) in [5.74, 6) is -0.0337. The number of allylic oxidation sites excluding steroid dienone is 3. The first-order chi connectivity index (χ1) is 4.39. The Balaban J connectivity index is 2.72. The number of carbonyl (C=O) groups excluding carboxylic acids is 1. The number of rotatable bonds is 0. The third kappa shape index (κ3) is 1.90. The van der Waals surface area contributed by atoms with E-state index in [-0.39, 0.29) is 5.78 Å². The van der Waals surface area contributed by atoms with E-state index in [1.807, 2.05) is 0 Å². The van der Waals surface area contributed by atoms with Crippen LogP contribution in [0.1, 0.15) is 0 Å². The van der Waals surface area contributed by atoms with E-state index in [1.54, 1.807) is 6.08 Å². The van der Waals surface area contributed by atoms with Crippen molar-refractivity contribution in [2.24, 2.45) is 5.10 Å². The van der Waals surface area contributed by atoms with E-state index in [9.17, 15) is 4.79 Å². The zero-order valence-electron chi connectivity index (χ0n) is 4.74. The summed E-state index contributed by atoms with van der Waals surface area (Å²) < 4.78 is 0. The highest BCUT2D eigenvalue weighted by Gasteiger charge is 1.86. The van der Waals surface area contributed by atoms with Crippen LogP contribution in [0, 0.1) is 0 Å². The molecule has 1 rings (SSSR count). The molecule has 0 fully saturated rings. The maximum Gasteiger partial charge on any atom is 0.180 e. The Hall–Kier alpha value is -1.38. The van der Waals surface area contributed by atoms with Crippen molar-refractivity contribution < 1.29 is 4.79 Å². The molecule has 0 atom stereocenters. The van der Waals surface area contributed by atoms with Crippen molar-refractivity contribution in [3.05, 3.63) is 24.4 Å². The number of nitrogens with zero attached hydrogens (tertiary/aromatic N) is 1. The Labute approximate surface area is 52.8 Å². The lowest BCUT2D eigenvalue weighted by Gasteiger charge is -1.88. The van der Waals surface area contributed by atoms with Crippen LogP contribution in [-0.2, 0) is 4.79 Å². The van der Waals surface area contributed by atoms with E-state index in [4.69, 9.17) is 0 Å². The molecule has 9 heavy (non-hydrogen) atoms. The maximum absolute atomic E-state index is 10.6. The lowest BCUT2D eigenvalue weighted by Crippen LogP contribution is -1.98. The van der Waals surface area contributed by atoms with Crippen molar-refractivity contribution in [2.45, 2.75) is 0 Å². The molecule has 3 nitrogen and oxygen atoms in total. The Morgan fingerprint density at radius 3 is 3.22 bits per heavy atom. The summed E-state index contributed by atoms with van der Waals surface area (Å²) in [6.07, 6.45) is 7.44. The molecule has 1 aliphatic heterocycles. The van der Waals surface area contributed by atoms with Gasteiger partial charge in [-0.3, -0.25) is 10.2 Å². The van der Waals surface area contributed by atoms with E-state index in [0.717, 1.165) is 0 Å². The van der Waals surface area contributed by atoms with Gasteiger partial charge in [0.05, 0.1) is 0 Å². The second kappa shape index (κ2) is 2.81. The van der Waals surface area contributed by atoms with Gasteiger partial charge in [0.25, 0.3) is 0 Å². The van der Waals surface area contributed by atoms with Crippen molar-refractivity contribution in [2.75, 3.05) is 0 Å². The van der Waals surface area contributed by atoms with Gasteiger partial charge in [0.1, 0.15) is 0 Å². The lowest BCUT2D eigenvalue weighted by atomic mass is 10.3. The maximum atomic E-state index is 10.6. The van der Waals surface area contributed by atoms with Gasteiger partial charge >= 0.3 is 0 Å². The smallest absolute Gasteiger partial charge is 0.180 e. The summed E-state index contributed by atoms with van der Waals surface area (Å²) in [5.41, 5.74) is 2.53. The van der Waals surface area contributed by atoms with E-state index in [1.165, 1.54) is 24.6 Å². The molecule has 0 aromatic rings. The molecule has 0 amide bonds. The molecular weight excluding hydrogens is 116 g/mol. The summed E-state index contributed by atoms with van der Waals surface area (Å²) >= 11 is 0. The first kappa shape index (κ1) is 5.75. The molecule has 1 aliphatic rings. The molecule has 3 heteroatoms. The summed E-state index contributed by atoms with van der Waals surface area (Å²) in [7, 11) is 0. The highest BCUT2D eigenvalue weighted by Crippen LogP contribution is 1.80. The van der Waals surface area contributed by atoms with Crippen molar-refractivity contribution >= 4 is 12.0 Å². The number of nitrogens with one attached hydrogen (secondary N) is 1. The van der Waals surface area contributed by atoms with Gasteiger partial charge in [-0.05, 0) is 12.2 Å². The molecule has 46 valence electrons. The van der Waals surface area contributed by atoms with E-state index in [0.29, 0.717) is 0 Å². The average Bonchev–Trinajstić information content (AvgIpc) is 1.79. The van der Waals surface area contributed by atoms with Crippen molar-refractivity contribution in [1.29, 1.82) is 0 Å². The van der Waals surface area contributed by atoms with Crippen LogP contribution in [0.15, 0.2) is 29.5 Å². The normalized spacial score (nSPS) is 16.7. The molecule has 0 radical (unpaired) electrons. The zero-order chi connectivity index (χ0) is 6.53. The van der Waals surface area contributed by atoms with Crippen LogP contribution in [0.25, 0.3) is 0 Å². The molecule has 0 aromatic heterocycles. The quantitative estimate of drug-likeness (QED) is 0.499. The summed E-state index contributed by atoms with van der Waals surface area (Å²) in [6, 6.07) is 0. The van der Waals surface area contributed by atoms with Crippen LogP contribution in [0.2, 0.25) is 0 Å². The minimum atomic E-state index is -0.0337. The van der Waals surface area contributed by atoms with Gasteiger partial charge in [-0.1, -0.05) is 0 Å². The second-order valence-electron chi connectivity index (χ2n) is 1.50. The molecule has 0 unspecified atom stereocenters. The molecule has 0 aromatic carbocycles. The first-order valence-corrected chi connectivity index (χ1v) is 2.55. The predicted molar refractivity (Wildman–Crippen MR) is 34.9 cm³/mol. The van der Waals surface area contributed by atoms with Gasteiger partial charge in [-0.25, -0.2) is 0 Å². The monoisotopic (exact) mass is 122 g/mol. The number of hydrazone groups is 1. The van der Waals surface area contributed by atoms with E-state index < -0.39 is 0 Å².